The summed E-state index contributed by atoms with van der Waals surface area (Å²) in [4.78, 5) is 39.5. The number of hydrogen-bond donors (Lipinski definition) is 0. The third-order valence-electron chi connectivity index (χ3n) is 5.76. The minimum atomic E-state index is -1.14. The van der Waals surface area contributed by atoms with Crippen molar-refractivity contribution in [1.29, 1.82) is 0 Å². The van der Waals surface area contributed by atoms with Crippen molar-refractivity contribution in [3.8, 4) is 11.3 Å². The molecule has 28 heavy (non-hydrogen) atoms. The summed E-state index contributed by atoms with van der Waals surface area (Å²) in [6, 6.07) is 1.86. The van der Waals surface area contributed by atoms with Gasteiger partial charge in [0, 0.05) is 47.9 Å². The van der Waals surface area contributed by atoms with Gasteiger partial charge in [-0.3, -0.25) is 19.1 Å². The molecule has 4 rings (SSSR count). The van der Waals surface area contributed by atoms with E-state index in [-0.39, 0.29) is 23.3 Å². The first-order valence-corrected chi connectivity index (χ1v) is 10.7. The molecule has 146 valence electrons. The summed E-state index contributed by atoms with van der Waals surface area (Å²) >= 11 is 1.78. The molecule has 2 heterocycles. The van der Waals surface area contributed by atoms with Crippen LogP contribution in [0.15, 0.2) is 17.2 Å². The molecule has 0 radical (unpaired) electrons. The highest BCUT2D eigenvalue weighted by molar-refractivity contribution is 7.99. The Morgan fingerprint density at radius 3 is 2.57 bits per heavy atom. The van der Waals surface area contributed by atoms with Crippen molar-refractivity contribution >= 4 is 29.1 Å². The molecule has 1 aliphatic heterocycles. The van der Waals surface area contributed by atoms with Crippen LogP contribution in [0.3, 0.4) is 0 Å². The van der Waals surface area contributed by atoms with Crippen LogP contribution in [0.4, 0.5) is 0 Å². The lowest BCUT2D eigenvalue weighted by molar-refractivity contribution is -0.134. The molecule has 0 N–H and O–H groups in total. The highest BCUT2D eigenvalue weighted by Gasteiger charge is 2.40. The van der Waals surface area contributed by atoms with Crippen LogP contribution in [0, 0.1) is 25.7 Å². The van der Waals surface area contributed by atoms with Gasteiger partial charge in [0.1, 0.15) is 5.92 Å². The highest BCUT2D eigenvalue weighted by atomic mass is 32.2. The zero-order valence-electron chi connectivity index (χ0n) is 16.7. The van der Waals surface area contributed by atoms with E-state index in [0.29, 0.717) is 18.4 Å². The molecule has 0 saturated heterocycles. The van der Waals surface area contributed by atoms with Crippen LogP contribution in [0.25, 0.3) is 11.3 Å². The molecule has 1 fully saturated rings. The van der Waals surface area contributed by atoms with E-state index in [1.54, 1.807) is 11.8 Å². The molecule has 0 bridgehead atoms. The minimum absolute atomic E-state index is 0.0198. The fourth-order valence-corrected chi connectivity index (χ4v) is 5.64. The molecule has 1 saturated carbocycles. The number of rotatable bonds is 2. The Balaban J connectivity index is 1.86. The Bertz CT molecular complexity index is 1000. The van der Waals surface area contributed by atoms with Crippen LogP contribution < -0.4 is 0 Å². The van der Waals surface area contributed by atoms with E-state index in [1.807, 2.05) is 44.8 Å². The maximum Gasteiger partial charge on any atom is 0.181 e. The van der Waals surface area contributed by atoms with Gasteiger partial charge < -0.3 is 0 Å². The van der Waals surface area contributed by atoms with Crippen LogP contribution in [0.5, 0.6) is 0 Å². The number of nitrogens with zero attached hydrogens (tertiary/aromatic N) is 2. The SMILES string of the molecule is Cc1cc(C(=O)C2C(=O)CC(C)CC2=O)c(C)c2c1SCCc1cn(C)nc1-2. The number of benzene rings is 1. The third-order valence-corrected chi connectivity index (χ3v) is 6.98. The molecule has 2 aromatic rings. The van der Waals surface area contributed by atoms with Crippen LogP contribution in [0.1, 0.15) is 46.8 Å². The minimum Gasteiger partial charge on any atom is -0.298 e. The Hall–Kier alpha value is -2.21. The van der Waals surface area contributed by atoms with E-state index in [0.717, 1.165) is 39.5 Å². The number of Topliss-reactive ketones (excluding diaryl/α,β-unsaturated/α-hetero) is 3. The van der Waals surface area contributed by atoms with Crippen LogP contribution in [0.2, 0.25) is 0 Å². The largest absolute Gasteiger partial charge is 0.298 e. The predicted octanol–water partition coefficient (Wildman–Crippen LogP) is 3.72. The summed E-state index contributed by atoms with van der Waals surface area (Å²) in [6.45, 7) is 5.78. The number of fused-ring (bicyclic) bond motifs is 3. The number of ketones is 3. The third kappa shape index (κ3) is 3.04. The Morgan fingerprint density at radius 2 is 1.89 bits per heavy atom. The molecule has 0 unspecified atom stereocenters. The molecule has 0 amide bonds. The van der Waals surface area contributed by atoms with Crippen molar-refractivity contribution in [2.75, 3.05) is 5.75 Å². The smallest absolute Gasteiger partial charge is 0.181 e. The summed E-state index contributed by atoms with van der Waals surface area (Å²) in [5.74, 6) is -1.00. The van der Waals surface area contributed by atoms with E-state index in [9.17, 15) is 14.4 Å². The normalized spacial score (nSPS) is 21.9. The maximum atomic E-state index is 13.3. The van der Waals surface area contributed by atoms with Crippen molar-refractivity contribution in [2.45, 2.75) is 44.9 Å². The monoisotopic (exact) mass is 396 g/mol. The van der Waals surface area contributed by atoms with Gasteiger partial charge in [-0.2, -0.15) is 5.10 Å². The van der Waals surface area contributed by atoms with Gasteiger partial charge in [0.15, 0.2) is 17.3 Å². The zero-order valence-corrected chi connectivity index (χ0v) is 17.5. The van der Waals surface area contributed by atoms with Crippen molar-refractivity contribution in [1.82, 2.24) is 9.78 Å². The second kappa shape index (κ2) is 6.99. The second-order valence-corrected chi connectivity index (χ2v) is 9.19. The number of aryl methyl sites for hydroxylation is 3. The molecule has 1 aromatic heterocycles. The van der Waals surface area contributed by atoms with Crippen molar-refractivity contribution in [2.24, 2.45) is 18.9 Å². The van der Waals surface area contributed by atoms with Crippen molar-refractivity contribution in [3.05, 3.63) is 34.5 Å². The van der Waals surface area contributed by atoms with Crippen molar-refractivity contribution < 1.29 is 14.4 Å². The number of carbonyl (C=O) groups excluding carboxylic acids is 3. The lowest BCUT2D eigenvalue weighted by atomic mass is 9.76. The van der Waals surface area contributed by atoms with E-state index in [4.69, 9.17) is 0 Å². The first-order valence-electron chi connectivity index (χ1n) is 9.67. The average Bonchev–Trinajstić information content (AvgIpc) is 2.87. The van der Waals surface area contributed by atoms with E-state index in [2.05, 4.69) is 5.10 Å². The molecule has 5 nitrogen and oxygen atoms in total. The molecular formula is C22H24N2O3S. The Morgan fingerprint density at radius 1 is 1.21 bits per heavy atom. The molecule has 0 atom stereocenters. The highest BCUT2D eigenvalue weighted by Crippen LogP contribution is 2.42. The molecule has 6 heteroatoms. The molecule has 2 aliphatic rings. The molecule has 1 aromatic carbocycles. The fourth-order valence-electron chi connectivity index (χ4n) is 4.44. The first kappa shape index (κ1) is 19.1. The summed E-state index contributed by atoms with van der Waals surface area (Å²) in [7, 11) is 1.90. The average molecular weight is 397 g/mol. The number of aromatic nitrogens is 2. The predicted molar refractivity (Wildman–Crippen MR) is 109 cm³/mol. The van der Waals surface area contributed by atoms with Gasteiger partial charge in [0.2, 0.25) is 0 Å². The van der Waals surface area contributed by atoms with Gasteiger partial charge in [0.25, 0.3) is 0 Å². The van der Waals surface area contributed by atoms with Crippen LogP contribution in [-0.4, -0.2) is 32.9 Å². The van der Waals surface area contributed by atoms with Gasteiger partial charge >= 0.3 is 0 Å². The van der Waals surface area contributed by atoms with Gasteiger partial charge in [-0.1, -0.05) is 6.92 Å². The molecule has 1 aliphatic carbocycles. The number of thioether (sulfide) groups is 1. The number of carbonyl (C=O) groups is 3. The summed E-state index contributed by atoms with van der Waals surface area (Å²) in [5.41, 5.74) is 5.35. The van der Waals surface area contributed by atoms with E-state index >= 15 is 0 Å². The maximum absolute atomic E-state index is 13.3. The van der Waals surface area contributed by atoms with Gasteiger partial charge in [0.05, 0.1) is 5.69 Å². The Labute approximate surface area is 168 Å². The van der Waals surface area contributed by atoms with E-state index in [1.165, 1.54) is 5.56 Å². The van der Waals surface area contributed by atoms with Crippen LogP contribution >= 0.6 is 11.8 Å². The second-order valence-electron chi connectivity index (χ2n) is 8.09. The molecular weight excluding hydrogens is 372 g/mol. The first-order chi connectivity index (χ1) is 13.3. The van der Waals surface area contributed by atoms with Gasteiger partial charge in [-0.05, 0) is 48.9 Å². The lowest BCUT2D eigenvalue weighted by Gasteiger charge is -2.24. The lowest BCUT2D eigenvalue weighted by Crippen LogP contribution is -2.38. The molecule has 0 spiro atoms. The van der Waals surface area contributed by atoms with Crippen LogP contribution in [-0.2, 0) is 23.1 Å². The van der Waals surface area contributed by atoms with Gasteiger partial charge in [-0.15, -0.1) is 11.8 Å². The summed E-state index contributed by atoms with van der Waals surface area (Å²) < 4.78 is 1.81. The standard InChI is InChI=1S/C22H24N2O3S/c1-11-7-16(25)19(17(26)8-11)21(27)15-9-12(2)22-18(13(15)3)20-14(5-6-28-22)10-24(4)23-20/h9-11,19H,5-8H2,1-4H3. The number of hydrogen-bond acceptors (Lipinski definition) is 5. The zero-order chi connectivity index (χ0) is 20.2. The quantitative estimate of drug-likeness (QED) is 0.572. The summed E-state index contributed by atoms with van der Waals surface area (Å²) in [5, 5.41) is 4.67. The summed E-state index contributed by atoms with van der Waals surface area (Å²) in [6.07, 6.45) is 3.54. The topological polar surface area (TPSA) is 69.0 Å². The fraction of sp³-hybridized carbons (Fsp3) is 0.455. The van der Waals surface area contributed by atoms with Crippen molar-refractivity contribution in [3.63, 3.8) is 0 Å². The Kier molecular flexibility index (Phi) is 4.78. The van der Waals surface area contributed by atoms with E-state index < -0.39 is 5.92 Å². The van der Waals surface area contributed by atoms with Gasteiger partial charge in [-0.25, -0.2) is 0 Å².